The number of hydrogen-bond acceptors (Lipinski definition) is 6. The van der Waals surface area contributed by atoms with E-state index in [1.165, 1.54) is 12.1 Å². The van der Waals surface area contributed by atoms with Crippen molar-refractivity contribution in [1.82, 2.24) is 4.98 Å². The number of nitrogens with zero attached hydrogens (tertiary/aromatic N) is 2. The topological polar surface area (TPSA) is 111 Å². The summed E-state index contributed by atoms with van der Waals surface area (Å²) in [5.41, 5.74) is 5.28. The van der Waals surface area contributed by atoms with Crippen LogP contribution in [0, 0.1) is 10.1 Å². The number of pyridine rings is 1. The average molecular weight is 244 g/mol. The van der Waals surface area contributed by atoms with Gasteiger partial charge in [0.2, 0.25) is 5.82 Å². The first-order valence-electron chi connectivity index (χ1n) is 4.45. The highest BCUT2D eigenvalue weighted by Gasteiger charge is 2.14. The van der Waals surface area contributed by atoms with Crippen molar-refractivity contribution in [3.8, 4) is 0 Å². The van der Waals surface area contributed by atoms with Gasteiger partial charge < -0.3 is 11.1 Å². The molecule has 1 rings (SSSR count). The summed E-state index contributed by atoms with van der Waals surface area (Å²) >= 11 is 0. The molecule has 1 heterocycles. The first kappa shape index (κ1) is 12.4. The second-order valence-electron chi connectivity index (χ2n) is 3.07. The van der Waals surface area contributed by atoms with Crippen LogP contribution in [0.2, 0.25) is 0 Å². The Morgan fingerprint density at radius 2 is 2.31 bits per heavy atom. The summed E-state index contributed by atoms with van der Waals surface area (Å²) in [6, 6.07) is 2.65. The van der Waals surface area contributed by atoms with Crippen LogP contribution in [0.5, 0.6) is 0 Å². The molecule has 0 aromatic carbocycles. The van der Waals surface area contributed by atoms with Crippen LogP contribution in [-0.2, 0) is 10.8 Å². The molecule has 0 amide bonds. The maximum absolute atomic E-state index is 10.8. The van der Waals surface area contributed by atoms with E-state index < -0.39 is 15.7 Å². The predicted molar refractivity (Wildman–Crippen MR) is 62.7 cm³/mol. The van der Waals surface area contributed by atoms with Gasteiger partial charge in [-0.3, -0.25) is 14.3 Å². The van der Waals surface area contributed by atoms with E-state index in [0.717, 1.165) is 0 Å². The van der Waals surface area contributed by atoms with Crippen molar-refractivity contribution in [1.29, 1.82) is 0 Å². The van der Waals surface area contributed by atoms with Crippen LogP contribution in [0.15, 0.2) is 12.1 Å². The van der Waals surface area contributed by atoms with Crippen molar-refractivity contribution in [3.63, 3.8) is 0 Å². The van der Waals surface area contributed by atoms with Gasteiger partial charge in [-0.25, -0.2) is 4.98 Å². The minimum absolute atomic E-state index is 0.107. The number of nitrogens with two attached hydrogens (primary N) is 1. The molecule has 7 nitrogen and oxygen atoms in total. The second kappa shape index (κ2) is 5.40. The van der Waals surface area contributed by atoms with Gasteiger partial charge in [0.1, 0.15) is 5.82 Å². The Morgan fingerprint density at radius 1 is 1.62 bits per heavy atom. The Labute approximate surface area is 94.7 Å². The van der Waals surface area contributed by atoms with E-state index in [2.05, 4.69) is 10.3 Å². The highest BCUT2D eigenvalue weighted by molar-refractivity contribution is 7.84. The maximum Gasteiger partial charge on any atom is 0.311 e. The molecule has 16 heavy (non-hydrogen) atoms. The molecule has 0 bridgehead atoms. The first-order valence-corrected chi connectivity index (χ1v) is 6.18. The van der Waals surface area contributed by atoms with Gasteiger partial charge in [-0.2, -0.15) is 0 Å². The van der Waals surface area contributed by atoms with E-state index in [1.54, 1.807) is 6.26 Å². The van der Waals surface area contributed by atoms with E-state index in [0.29, 0.717) is 12.3 Å². The molecule has 0 radical (unpaired) electrons. The van der Waals surface area contributed by atoms with Crippen molar-refractivity contribution in [2.75, 3.05) is 29.6 Å². The Balaban J connectivity index is 2.80. The molecule has 1 aromatic rings. The van der Waals surface area contributed by atoms with Gasteiger partial charge >= 0.3 is 5.69 Å². The molecule has 88 valence electrons. The smallest absolute Gasteiger partial charge is 0.311 e. The minimum Gasteiger partial charge on any atom is -0.384 e. The van der Waals surface area contributed by atoms with Crippen LogP contribution in [0.3, 0.4) is 0 Å². The van der Waals surface area contributed by atoms with E-state index in [1.807, 2.05) is 0 Å². The first-order chi connectivity index (χ1) is 7.50. The third-order valence-electron chi connectivity index (χ3n) is 1.77. The zero-order valence-electron chi connectivity index (χ0n) is 8.67. The molecule has 8 heteroatoms. The molecule has 0 fully saturated rings. The molecule has 1 atom stereocenters. The molecular weight excluding hydrogens is 232 g/mol. The Morgan fingerprint density at radius 3 is 2.88 bits per heavy atom. The predicted octanol–water partition coefficient (Wildman–Crippen LogP) is 0.362. The summed E-state index contributed by atoms with van der Waals surface area (Å²) in [4.78, 5) is 13.9. The van der Waals surface area contributed by atoms with Crippen LogP contribution in [0.25, 0.3) is 0 Å². The number of nitrogen functional groups attached to an aromatic ring is 1. The number of anilines is 2. The van der Waals surface area contributed by atoms with E-state index in [-0.39, 0.29) is 17.3 Å². The summed E-state index contributed by atoms with van der Waals surface area (Å²) in [7, 11) is -0.953. The van der Waals surface area contributed by atoms with E-state index >= 15 is 0 Å². The summed E-state index contributed by atoms with van der Waals surface area (Å²) < 4.78 is 10.8. The van der Waals surface area contributed by atoms with Gasteiger partial charge in [0.25, 0.3) is 0 Å². The number of nitro groups is 1. The lowest BCUT2D eigenvalue weighted by Gasteiger charge is -2.05. The Hall–Kier alpha value is -1.70. The van der Waals surface area contributed by atoms with Crippen LogP contribution in [0.4, 0.5) is 17.3 Å². The zero-order valence-corrected chi connectivity index (χ0v) is 9.49. The van der Waals surface area contributed by atoms with Gasteiger partial charge in [-0.15, -0.1) is 0 Å². The SMILES string of the molecule is CS(=O)CCNc1nc(N)ccc1[N+](=O)[O-]. The van der Waals surface area contributed by atoms with Crippen molar-refractivity contribution in [2.45, 2.75) is 0 Å². The number of hydrogen-bond donors (Lipinski definition) is 2. The third kappa shape index (κ3) is 3.46. The zero-order chi connectivity index (χ0) is 12.1. The van der Waals surface area contributed by atoms with Gasteiger partial charge in [0.15, 0.2) is 0 Å². The fraction of sp³-hybridized carbons (Fsp3) is 0.375. The highest BCUT2D eigenvalue weighted by Crippen LogP contribution is 2.22. The minimum atomic E-state index is -0.953. The fourth-order valence-corrected chi connectivity index (χ4v) is 1.45. The number of nitrogens with one attached hydrogen (secondary N) is 1. The highest BCUT2D eigenvalue weighted by atomic mass is 32.2. The summed E-state index contributed by atoms with van der Waals surface area (Å²) in [6.07, 6.45) is 1.56. The number of aromatic nitrogens is 1. The van der Waals surface area contributed by atoms with E-state index in [9.17, 15) is 14.3 Å². The lowest BCUT2D eigenvalue weighted by Crippen LogP contribution is -2.12. The third-order valence-corrected chi connectivity index (χ3v) is 2.55. The lowest BCUT2D eigenvalue weighted by molar-refractivity contribution is -0.384. The molecule has 3 N–H and O–H groups in total. The maximum atomic E-state index is 10.8. The molecule has 1 unspecified atom stereocenters. The van der Waals surface area contributed by atoms with Gasteiger partial charge in [-0.1, -0.05) is 0 Å². The molecular formula is C8H12N4O3S. The van der Waals surface area contributed by atoms with Crippen molar-refractivity contribution >= 4 is 28.1 Å². The molecule has 0 saturated carbocycles. The summed E-state index contributed by atoms with van der Waals surface area (Å²) in [5.74, 6) is 0.703. The second-order valence-corrected chi connectivity index (χ2v) is 4.62. The van der Waals surface area contributed by atoms with Crippen LogP contribution >= 0.6 is 0 Å². The van der Waals surface area contributed by atoms with Crippen molar-refractivity contribution < 1.29 is 9.13 Å². The monoisotopic (exact) mass is 244 g/mol. The summed E-state index contributed by atoms with van der Waals surface area (Å²) in [6.45, 7) is 0.348. The standard InChI is InChI=1S/C8H12N4O3S/c1-16(15)5-4-10-8-6(12(13)14)2-3-7(9)11-8/h2-3H,4-5H2,1H3,(H3,9,10,11). The largest absolute Gasteiger partial charge is 0.384 e. The lowest BCUT2D eigenvalue weighted by atomic mass is 10.3. The van der Waals surface area contributed by atoms with Gasteiger partial charge in [0.05, 0.1) is 4.92 Å². The number of rotatable bonds is 5. The molecule has 0 saturated heterocycles. The molecule has 0 spiro atoms. The van der Waals surface area contributed by atoms with Crippen LogP contribution in [0.1, 0.15) is 0 Å². The Bertz CT molecular complexity index is 424. The molecule has 0 aliphatic carbocycles. The van der Waals surface area contributed by atoms with Crippen molar-refractivity contribution in [2.24, 2.45) is 0 Å². The van der Waals surface area contributed by atoms with Crippen molar-refractivity contribution in [3.05, 3.63) is 22.2 Å². The Kier molecular flexibility index (Phi) is 4.18. The molecule has 1 aromatic heterocycles. The average Bonchev–Trinajstić information content (AvgIpc) is 2.16. The van der Waals surface area contributed by atoms with Gasteiger partial charge in [-0.05, 0) is 6.07 Å². The quantitative estimate of drug-likeness (QED) is 0.571. The molecule has 0 aliphatic rings. The fourth-order valence-electron chi connectivity index (χ4n) is 1.06. The van der Waals surface area contributed by atoms with Crippen LogP contribution in [-0.4, -0.2) is 32.7 Å². The summed E-state index contributed by atoms with van der Waals surface area (Å²) in [5, 5.41) is 13.4. The van der Waals surface area contributed by atoms with E-state index in [4.69, 9.17) is 5.73 Å². The van der Waals surface area contributed by atoms with Crippen LogP contribution < -0.4 is 11.1 Å². The molecule has 0 aliphatic heterocycles. The van der Waals surface area contributed by atoms with Gasteiger partial charge in [0, 0.05) is 35.4 Å². The normalized spacial score (nSPS) is 12.1.